The summed E-state index contributed by atoms with van der Waals surface area (Å²) in [7, 11) is -2.60. The highest BCUT2D eigenvalue weighted by atomic mass is 32.2. The first kappa shape index (κ1) is 22.3. The van der Waals surface area contributed by atoms with E-state index in [4.69, 9.17) is 0 Å². The SMILES string of the molecule is CC[C@H](NC(=O)CNc1ccc(S(=O)(=O)NC)cc1[N+](=O)[O-])c1ccc(C)cc1. The Morgan fingerprint density at radius 2 is 1.83 bits per heavy atom. The lowest BCUT2D eigenvalue weighted by Gasteiger charge is -2.18. The number of aryl methyl sites for hydroxylation is 1. The molecule has 2 rings (SSSR count). The molecule has 0 radical (unpaired) electrons. The zero-order valence-electron chi connectivity index (χ0n) is 16.4. The van der Waals surface area contributed by atoms with Crippen LogP contribution in [-0.2, 0) is 14.8 Å². The Hall–Kier alpha value is -2.98. The van der Waals surface area contributed by atoms with Crippen LogP contribution in [0.2, 0.25) is 0 Å². The maximum atomic E-state index is 12.3. The van der Waals surface area contributed by atoms with Gasteiger partial charge in [0.05, 0.1) is 22.4 Å². The Bertz CT molecular complexity index is 990. The minimum absolute atomic E-state index is 0.0589. The Kier molecular flexibility index (Phi) is 7.29. The summed E-state index contributed by atoms with van der Waals surface area (Å²) >= 11 is 0. The lowest BCUT2D eigenvalue weighted by Crippen LogP contribution is -2.33. The van der Waals surface area contributed by atoms with E-state index in [9.17, 15) is 23.3 Å². The number of anilines is 1. The van der Waals surface area contributed by atoms with Crippen molar-refractivity contribution in [2.45, 2.75) is 31.2 Å². The van der Waals surface area contributed by atoms with Gasteiger partial charge in [-0.05, 0) is 38.1 Å². The van der Waals surface area contributed by atoms with Gasteiger partial charge in [-0.2, -0.15) is 0 Å². The lowest BCUT2D eigenvalue weighted by molar-refractivity contribution is -0.384. The van der Waals surface area contributed by atoms with Crippen molar-refractivity contribution in [3.8, 4) is 0 Å². The summed E-state index contributed by atoms with van der Waals surface area (Å²) in [6.45, 7) is 3.73. The van der Waals surface area contributed by atoms with Crippen molar-refractivity contribution < 1.29 is 18.1 Å². The van der Waals surface area contributed by atoms with Gasteiger partial charge in [0, 0.05) is 6.07 Å². The summed E-state index contributed by atoms with van der Waals surface area (Å²) in [5.41, 5.74) is 1.72. The summed E-state index contributed by atoms with van der Waals surface area (Å²) in [6, 6.07) is 11.1. The van der Waals surface area contributed by atoms with Crippen molar-refractivity contribution in [1.82, 2.24) is 10.0 Å². The molecule has 2 aromatic carbocycles. The third kappa shape index (κ3) is 5.75. The smallest absolute Gasteiger partial charge is 0.293 e. The topological polar surface area (TPSA) is 130 Å². The van der Waals surface area contributed by atoms with E-state index in [-0.39, 0.29) is 29.1 Å². The van der Waals surface area contributed by atoms with Gasteiger partial charge in [0.25, 0.3) is 5.69 Å². The zero-order valence-corrected chi connectivity index (χ0v) is 17.2. The fourth-order valence-corrected chi connectivity index (χ4v) is 3.49. The number of rotatable bonds is 9. The summed E-state index contributed by atoms with van der Waals surface area (Å²) in [5.74, 6) is -0.335. The van der Waals surface area contributed by atoms with Crippen LogP contribution in [0.15, 0.2) is 47.4 Å². The number of nitrogens with zero attached hydrogens (tertiary/aromatic N) is 1. The van der Waals surface area contributed by atoms with Crippen LogP contribution < -0.4 is 15.4 Å². The molecule has 0 heterocycles. The van der Waals surface area contributed by atoms with Crippen molar-refractivity contribution in [3.05, 3.63) is 63.7 Å². The largest absolute Gasteiger partial charge is 0.371 e. The van der Waals surface area contributed by atoms with Crippen molar-refractivity contribution in [1.29, 1.82) is 0 Å². The number of hydrogen-bond acceptors (Lipinski definition) is 6. The monoisotopic (exact) mass is 420 g/mol. The molecule has 0 saturated heterocycles. The molecule has 156 valence electrons. The van der Waals surface area contributed by atoms with Crippen LogP contribution in [0.4, 0.5) is 11.4 Å². The van der Waals surface area contributed by atoms with Gasteiger partial charge >= 0.3 is 0 Å². The molecule has 0 aliphatic carbocycles. The number of carbonyl (C=O) groups excluding carboxylic acids is 1. The Balaban J connectivity index is 2.10. The highest BCUT2D eigenvalue weighted by Crippen LogP contribution is 2.27. The van der Waals surface area contributed by atoms with Crippen molar-refractivity contribution >= 4 is 27.3 Å². The van der Waals surface area contributed by atoms with Gasteiger partial charge < -0.3 is 10.6 Å². The first-order valence-corrected chi connectivity index (χ1v) is 10.5. The third-order valence-electron chi connectivity index (χ3n) is 4.41. The quantitative estimate of drug-likeness (QED) is 0.422. The van der Waals surface area contributed by atoms with E-state index in [1.165, 1.54) is 19.2 Å². The number of sulfonamides is 1. The van der Waals surface area contributed by atoms with Crippen LogP contribution in [0.1, 0.15) is 30.5 Å². The van der Waals surface area contributed by atoms with Gasteiger partial charge in [-0.3, -0.25) is 14.9 Å². The van der Waals surface area contributed by atoms with E-state index in [0.29, 0.717) is 6.42 Å². The van der Waals surface area contributed by atoms with Crippen LogP contribution in [0.3, 0.4) is 0 Å². The second-order valence-corrected chi connectivity index (χ2v) is 8.32. The average molecular weight is 420 g/mol. The molecule has 0 spiro atoms. The Labute approximate surface area is 169 Å². The summed E-state index contributed by atoms with van der Waals surface area (Å²) in [5, 5.41) is 16.9. The molecule has 0 unspecified atom stereocenters. The van der Waals surface area contributed by atoms with E-state index in [1.807, 2.05) is 38.1 Å². The summed E-state index contributed by atoms with van der Waals surface area (Å²) < 4.78 is 25.8. The van der Waals surface area contributed by atoms with Gasteiger partial charge in [0.15, 0.2) is 0 Å². The van der Waals surface area contributed by atoms with Gasteiger partial charge in [-0.25, -0.2) is 13.1 Å². The number of carbonyl (C=O) groups is 1. The second-order valence-electron chi connectivity index (χ2n) is 6.44. The molecular weight excluding hydrogens is 396 g/mol. The lowest BCUT2D eigenvalue weighted by atomic mass is 10.0. The first-order valence-electron chi connectivity index (χ1n) is 8.99. The molecular formula is C19H24N4O5S. The molecule has 0 aliphatic rings. The van der Waals surface area contributed by atoms with Crippen LogP contribution >= 0.6 is 0 Å². The second kappa shape index (κ2) is 9.48. The molecule has 2 aromatic rings. The molecule has 0 fully saturated rings. The van der Waals surface area contributed by atoms with E-state index in [0.717, 1.165) is 17.2 Å². The number of nitro groups is 1. The number of hydrogen-bond donors (Lipinski definition) is 3. The van der Waals surface area contributed by atoms with E-state index < -0.39 is 20.6 Å². The highest BCUT2D eigenvalue weighted by molar-refractivity contribution is 7.89. The van der Waals surface area contributed by atoms with Gasteiger partial charge in [-0.15, -0.1) is 0 Å². The molecule has 1 amide bonds. The normalized spacial score (nSPS) is 12.2. The fourth-order valence-electron chi connectivity index (χ4n) is 2.74. The minimum atomic E-state index is -3.82. The molecule has 0 saturated carbocycles. The molecule has 1 atom stereocenters. The average Bonchev–Trinajstić information content (AvgIpc) is 2.70. The van der Waals surface area contributed by atoms with Gasteiger partial charge in [-0.1, -0.05) is 36.8 Å². The molecule has 0 aliphatic heterocycles. The van der Waals surface area contributed by atoms with Crippen molar-refractivity contribution in [3.63, 3.8) is 0 Å². The van der Waals surface area contributed by atoms with Crippen LogP contribution in [0.25, 0.3) is 0 Å². The van der Waals surface area contributed by atoms with E-state index in [1.54, 1.807) is 0 Å². The number of nitrogens with one attached hydrogen (secondary N) is 3. The summed E-state index contributed by atoms with van der Waals surface area (Å²) in [4.78, 5) is 22.7. The zero-order chi connectivity index (χ0) is 21.6. The number of nitro benzene ring substituents is 1. The molecule has 3 N–H and O–H groups in total. The van der Waals surface area contributed by atoms with Gasteiger partial charge in [0.2, 0.25) is 15.9 Å². The van der Waals surface area contributed by atoms with Crippen LogP contribution in [-0.4, -0.2) is 32.8 Å². The number of benzene rings is 2. The van der Waals surface area contributed by atoms with Crippen LogP contribution in [0, 0.1) is 17.0 Å². The molecule has 10 heteroatoms. The number of amides is 1. The highest BCUT2D eigenvalue weighted by Gasteiger charge is 2.21. The summed E-state index contributed by atoms with van der Waals surface area (Å²) in [6.07, 6.45) is 0.686. The predicted octanol–water partition coefficient (Wildman–Crippen LogP) is 2.49. The molecule has 29 heavy (non-hydrogen) atoms. The van der Waals surface area contributed by atoms with Crippen molar-refractivity contribution in [2.24, 2.45) is 0 Å². The van der Waals surface area contributed by atoms with Gasteiger partial charge in [0.1, 0.15) is 5.69 Å². The third-order valence-corrected chi connectivity index (χ3v) is 5.82. The first-order chi connectivity index (χ1) is 13.7. The van der Waals surface area contributed by atoms with Crippen molar-refractivity contribution in [2.75, 3.05) is 18.9 Å². The Morgan fingerprint density at radius 3 is 2.38 bits per heavy atom. The van der Waals surface area contributed by atoms with E-state index in [2.05, 4.69) is 15.4 Å². The fraction of sp³-hybridized carbons (Fsp3) is 0.316. The Morgan fingerprint density at radius 1 is 1.17 bits per heavy atom. The molecule has 0 aromatic heterocycles. The standard InChI is InChI=1S/C19H24N4O5S/c1-4-16(14-7-5-13(2)6-8-14)22-19(24)12-21-17-10-9-15(29(27,28)20-3)11-18(17)23(25)26/h5-11,16,20-21H,4,12H2,1-3H3,(H,22,24)/t16-/m0/s1. The minimum Gasteiger partial charge on any atom is -0.371 e. The molecule has 0 bridgehead atoms. The van der Waals surface area contributed by atoms with E-state index >= 15 is 0 Å². The maximum absolute atomic E-state index is 12.3. The molecule has 9 nitrogen and oxygen atoms in total. The predicted molar refractivity (Wildman–Crippen MR) is 110 cm³/mol. The van der Waals surface area contributed by atoms with Crippen LogP contribution in [0.5, 0.6) is 0 Å². The maximum Gasteiger partial charge on any atom is 0.293 e.